The van der Waals surface area contributed by atoms with Gasteiger partial charge in [-0.25, -0.2) is 4.98 Å². The first-order valence-corrected chi connectivity index (χ1v) is 8.00. The van der Waals surface area contributed by atoms with Crippen molar-refractivity contribution in [3.05, 3.63) is 15.6 Å². The molecule has 0 aromatic carbocycles. The van der Waals surface area contributed by atoms with Crippen LogP contribution in [0.5, 0.6) is 0 Å². The van der Waals surface area contributed by atoms with E-state index < -0.39 is 0 Å². The summed E-state index contributed by atoms with van der Waals surface area (Å²) in [6.45, 7) is 6.90. The van der Waals surface area contributed by atoms with E-state index in [1.54, 1.807) is 0 Å². The third-order valence-electron chi connectivity index (χ3n) is 4.35. The molecule has 2 aliphatic rings. The first-order valence-electron chi connectivity index (χ1n) is 7.19. The molecule has 1 aromatic rings. The van der Waals surface area contributed by atoms with E-state index in [0.29, 0.717) is 17.9 Å². The number of hydrogen-bond donors (Lipinski definition) is 0. The molecule has 1 fully saturated rings. The lowest BCUT2D eigenvalue weighted by atomic mass is 9.91. The second-order valence-corrected chi connectivity index (χ2v) is 7.42. The van der Waals surface area contributed by atoms with Gasteiger partial charge in [0.2, 0.25) is 0 Å². The Morgan fingerprint density at radius 3 is 2.89 bits per heavy atom. The molecule has 104 valence electrons. The molecule has 0 aliphatic heterocycles. The zero-order valence-electron chi connectivity index (χ0n) is 11.9. The Labute approximate surface area is 118 Å². The van der Waals surface area contributed by atoms with Gasteiger partial charge >= 0.3 is 5.97 Å². The third-order valence-corrected chi connectivity index (χ3v) is 5.60. The minimum absolute atomic E-state index is 0.0876. The van der Waals surface area contributed by atoms with Crippen LogP contribution in [0.2, 0.25) is 0 Å². The Morgan fingerprint density at radius 1 is 1.53 bits per heavy atom. The zero-order chi connectivity index (χ0) is 13.6. The number of ether oxygens (including phenoxy) is 1. The van der Waals surface area contributed by atoms with E-state index in [1.165, 1.54) is 16.3 Å². The van der Waals surface area contributed by atoms with Crippen molar-refractivity contribution < 1.29 is 9.53 Å². The first kappa shape index (κ1) is 13.1. The molecule has 2 aliphatic carbocycles. The summed E-state index contributed by atoms with van der Waals surface area (Å²) < 4.78 is 5.19. The van der Waals surface area contributed by atoms with Gasteiger partial charge in [-0.3, -0.25) is 4.79 Å². The zero-order valence-corrected chi connectivity index (χ0v) is 12.7. The van der Waals surface area contributed by atoms with Gasteiger partial charge in [-0.1, -0.05) is 13.8 Å². The van der Waals surface area contributed by atoms with Crippen molar-refractivity contribution in [2.75, 3.05) is 6.61 Å². The lowest BCUT2D eigenvalue weighted by Crippen LogP contribution is -2.20. The molecule has 2 unspecified atom stereocenters. The number of carbonyl (C=O) groups excluding carboxylic acids is 1. The van der Waals surface area contributed by atoms with Gasteiger partial charge < -0.3 is 4.74 Å². The monoisotopic (exact) mass is 279 g/mol. The Bertz CT molecular complexity index is 506. The molecule has 3 nitrogen and oxygen atoms in total. The van der Waals surface area contributed by atoms with Crippen molar-refractivity contribution in [3.63, 3.8) is 0 Å². The molecule has 19 heavy (non-hydrogen) atoms. The number of aromatic nitrogens is 1. The fourth-order valence-electron chi connectivity index (χ4n) is 2.95. The second kappa shape index (κ2) is 4.58. The van der Waals surface area contributed by atoms with Crippen LogP contribution < -0.4 is 0 Å². The quantitative estimate of drug-likeness (QED) is 0.793. The molecule has 0 N–H and O–H groups in total. The molecule has 1 saturated carbocycles. The maximum atomic E-state index is 12.0. The van der Waals surface area contributed by atoms with Crippen molar-refractivity contribution in [3.8, 4) is 0 Å². The van der Waals surface area contributed by atoms with Gasteiger partial charge in [0, 0.05) is 10.8 Å². The predicted molar refractivity (Wildman–Crippen MR) is 75.6 cm³/mol. The lowest BCUT2D eigenvalue weighted by molar-refractivity contribution is -0.145. The van der Waals surface area contributed by atoms with E-state index in [4.69, 9.17) is 9.72 Å². The van der Waals surface area contributed by atoms with Gasteiger partial charge in [0.05, 0.1) is 17.3 Å². The molecule has 3 rings (SSSR count). The van der Waals surface area contributed by atoms with Crippen molar-refractivity contribution in [2.45, 2.75) is 58.3 Å². The molecule has 1 heterocycles. The maximum Gasteiger partial charge on any atom is 0.315 e. The maximum absolute atomic E-state index is 12.0. The summed E-state index contributed by atoms with van der Waals surface area (Å²) in [5.41, 5.74) is 1.42. The second-order valence-electron chi connectivity index (χ2n) is 6.30. The van der Waals surface area contributed by atoms with Gasteiger partial charge in [0.15, 0.2) is 0 Å². The normalized spacial score (nSPS) is 27.7. The van der Waals surface area contributed by atoms with Crippen LogP contribution in [0.3, 0.4) is 0 Å². The number of rotatable bonds is 3. The fraction of sp³-hybridized carbons (Fsp3) is 0.733. The van der Waals surface area contributed by atoms with E-state index in [1.807, 2.05) is 18.3 Å². The molecule has 0 spiro atoms. The largest absolute Gasteiger partial charge is 0.465 e. The van der Waals surface area contributed by atoms with E-state index in [2.05, 4.69) is 13.8 Å². The lowest BCUT2D eigenvalue weighted by Gasteiger charge is -2.19. The fourth-order valence-corrected chi connectivity index (χ4v) is 4.43. The van der Waals surface area contributed by atoms with Crippen LogP contribution >= 0.6 is 11.3 Å². The number of hydrogen-bond acceptors (Lipinski definition) is 4. The number of esters is 1. The van der Waals surface area contributed by atoms with E-state index >= 15 is 0 Å². The molecular weight excluding hydrogens is 258 g/mol. The third kappa shape index (κ3) is 2.31. The number of fused-ring (bicyclic) bond motifs is 1. The van der Waals surface area contributed by atoms with Crippen molar-refractivity contribution in [1.82, 2.24) is 4.98 Å². The molecule has 0 saturated heterocycles. The summed E-state index contributed by atoms with van der Waals surface area (Å²) in [4.78, 5) is 18.2. The van der Waals surface area contributed by atoms with Gasteiger partial charge in [0.1, 0.15) is 5.92 Å². The molecule has 4 heteroatoms. The minimum atomic E-state index is -0.115. The van der Waals surface area contributed by atoms with Crippen LogP contribution in [0.4, 0.5) is 0 Å². The van der Waals surface area contributed by atoms with Gasteiger partial charge in [-0.2, -0.15) is 0 Å². The molecular formula is C15H21NO2S. The minimum Gasteiger partial charge on any atom is -0.465 e. The van der Waals surface area contributed by atoms with Gasteiger partial charge in [-0.05, 0) is 38.0 Å². The summed E-state index contributed by atoms with van der Waals surface area (Å²) >= 11 is 1.83. The highest BCUT2D eigenvalue weighted by Crippen LogP contribution is 2.59. The Morgan fingerprint density at radius 2 is 2.26 bits per heavy atom. The van der Waals surface area contributed by atoms with Crippen LogP contribution in [-0.2, 0) is 16.0 Å². The number of nitrogens with zero attached hydrogens (tertiary/aromatic N) is 1. The van der Waals surface area contributed by atoms with Crippen molar-refractivity contribution in [1.29, 1.82) is 0 Å². The van der Waals surface area contributed by atoms with Crippen LogP contribution in [0, 0.1) is 5.41 Å². The predicted octanol–water partition coefficient (Wildman–Crippen LogP) is 3.64. The number of thiazole rings is 1. The molecule has 1 aromatic heterocycles. The van der Waals surface area contributed by atoms with Crippen LogP contribution in [0.25, 0.3) is 0 Å². The molecule has 0 radical (unpaired) electrons. The van der Waals surface area contributed by atoms with Crippen LogP contribution in [0.15, 0.2) is 0 Å². The van der Waals surface area contributed by atoms with Crippen molar-refractivity contribution in [2.24, 2.45) is 5.41 Å². The number of carbonyl (C=O) groups is 1. The average molecular weight is 279 g/mol. The smallest absolute Gasteiger partial charge is 0.315 e. The molecule has 0 bridgehead atoms. The van der Waals surface area contributed by atoms with E-state index in [-0.39, 0.29) is 11.9 Å². The van der Waals surface area contributed by atoms with Crippen LogP contribution in [-0.4, -0.2) is 17.6 Å². The summed E-state index contributed by atoms with van der Waals surface area (Å²) in [5, 5.41) is 1.24. The summed E-state index contributed by atoms with van der Waals surface area (Å²) in [7, 11) is 0. The van der Waals surface area contributed by atoms with Gasteiger partial charge in [0.25, 0.3) is 0 Å². The highest BCUT2D eigenvalue weighted by atomic mass is 32.1. The van der Waals surface area contributed by atoms with Gasteiger partial charge in [-0.15, -0.1) is 11.3 Å². The highest BCUT2D eigenvalue weighted by Gasteiger charge is 2.49. The standard InChI is InChI=1S/C15H21NO2S/c1-4-18-14(17)9-6-5-7-11-12(9)16-13(19-11)10-8-15(10,2)3/h9-10H,4-8H2,1-3H3. The Kier molecular flexibility index (Phi) is 3.16. The molecule has 2 atom stereocenters. The molecule has 0 amide bonds. The highest BCUT2D eigenvalue weighted by molar-refractivity contribution is 7.11. The Balaban J connectivity index is 1.86. The van der Waals surface area contributed by atoms with E-state index in [9.17, 15) is 4.79 Å². The SMILES string of the molecule is CCOC(=O)C1CCCc2sc(C3CC3(C)C)nc21. The average Bonchev–Trinajstić information content (AvgIpc) is 2.83. The first-order chi connectivity index (χ1) is 9.03. The summed E-state index contributed by atoms with van der Waals surface area (Å²) in [5.74, 6) is 0.400. The summed E-state index contributed by atoms with van der Waals surface area (Å²) in [6, 6.07) is 0. The van der Waals surface area contributed by atoms with Crippen molar-refractivity contribution >= 4 is 17.3 Å². The topological polar surface area (TPSA) is 39.2 Å². The summed E-state index contributed by atoms with van der Waals surface area (Å²) in [6.07, 6.45) is 4.27. The number of aryl methyl sites for hydroxylation is 1. The van der Waals surface area contributed by atoms with Crippen LogP contribution in [0.1, 0.15) is 67.4 Å². The Hall–Kier alpha value is -0.900. The van der Waals surface area contributed by atoms with E-state index in [0.717, 1.165) is 25.0 Å².